The number of aromatic nitrogens is 2. The van der Waals surface area contributed by atoms with Crippen LogP contribution in [0.15, 0.2) is 36.4 Å². The molecule has 1 heterocycles. The predicted molar refractivity (Wildman–Crippen MR) is 102 cm³/mol. The fourth-order valence-electron chi connectivity index (χ4n) is 3.19. The first-order valence-electron chi connectivity index (χ1n) is 9.39. The van der Waals surface area contributed by atoms with Crippen LogP contribution in [0.25, 0.3) is 0 Å². The number of carbonyl (C=O) groups is 1. The number of hydrogen-bond acceptors (Lipinski definition) is 5. The minimum absolute atomic E-state index is 0.148. The average Bonchev–Trinajstić information content (AvgIpc) is 2.93. The second-order valence-corrected chi connectivity index (χ2v) is 6.52. The maximum atomic E-state index is 12.4. The molecule has 1 aliphatic carbocycles. The normalized spacial score (nSPS) is 15.1. The SMILES string of the molecule is CCOc1ccccc1Nc1ccc(C(=O)NC2CCCCCC2)nn1. The van der Waals surface area contributed by atoms with Crippen molar-refractivity contribution in [2.24, 2.45) is 0 Å². The third-order valence-electron chi connectivity index (χ3n) is 4.54. The van der Waals surface area contributed by atoms with E-state index in [1.165, 1.54) is 25.7 Å². The molecule has 0 unspecified atom stereocenters. The standard InChI is InChI=1S/C20H26N4O2/c1-2-26-18-12-8-7-11-16(18)22-19-14-13-17(23-24-19)20(25)21-15-9-5-3-4-6-10-15/h7-8,11-15H,2-6,9-10H2,1H3,(H,21,25)(H,22,24). The van der Waals surface area contributed by atoms with Crippen molar-refractivity contribution in [1.82, 2.24) is 15.5 Å². The molecule has 0 spiro atoms. The minimum atomic E-state index is -0.148. The van der Waals surface area contributed by atoms with E-state index in [0.717, 1.165) is 24.3 Å². The number of nitrogens with zero attached hydrogens (tertiary/aromatic N) is 2. The van der Waals surface area contributed by atoms with Gasteiger partial charge in [-0.2, -0.15) is 0 Å². The van der Waals surface area contributed by atoms with Gasteiger partial charge in [-0.15, -0.1) is 10.2 Å². The molecule has 2 aromatic rings. The molecular formula is C20H26N4O2. The summed E-state index contributed by atoms with van der Waals surface area (Å²) in [6, 6.07) is 11.4. The van der Waals surface area contributed by atoms with Crippen LogP contribution in [0.5, 0.6) is 5.75 Å². The van der Waals surface area contributed by atoms with E-state index >= 15 is 0 Å². The molecule has 1 aliphatic rings. The van der Waals surface area contributed by atoms with Gasteiger partial charge in [0.05, 0.1) is 12.3 Å². The average molecular weight is 354 g/mol. The van der Waals surface area contributed by atoms with Gasteiger partial charge in [0.15, 0.2) is 11.5 Å². The van der Waals surface area contributed by atoms with E-state index in [2.05, 4.69) is 20.8 Å². The van der Waals surface area contributed by atoms with Crippen LogP contribution in [-0.4, -0.2) is 28.8 Å². The summed E-state index contributed by atoms with van der Waals surface area (Å²) in [4.78, 5) is 12.4. The van der Waals surface area contributed by atoms with Crippen LogP contribution >= 0.6 is 0 Å². The largest absolute Gasteiger partial charge is 0.492 e. The quantitative estimate of drug-likeness (QED) is 0.765. The summed E-state index contributed by atoms with van der Waals surface area (Å²) in [7, 11) is 0. The number of para-hydroxylation sites is 2. The zero-order chi connectivity index (χ0) is 18.2. The van der Waals surface area contributed by atoms with Crippen molar-refractivity contribution >= 4 is 17.4 Å². The van der Waals surface area contributed by atoms with Gasteiger partial charge in [-0.1, -0.05) is 37.8 Å². The zero-order valence-electron chi connectivity index (χ0n) is 15.2. The summed E-state index contributed by atoms with van der Waals surface area (Å²) < 4.78 is 5.59. The molecule has 6 nitrogen and oxygen atoms in total. The van der Waals surface area contributed by atoms with Crippen molar-refractivity contribution in [2.45, 2.75) is 51.5 Å². The molecular weight excluding hydrogens is 328 g/mol. The predicted octanol–water partition coefficient (Wildman–Crippen LogP) is 4.07. The second kappa shape index (κ2) is 9.17. The summed E-state index contributed by atoms with van der Waals surface area (Å²) in [6.07, 6.45) is 6.98. The molecule has 2 N–H and O–H groups in total. The van der Waals surface area contributed by atoms with Crippen LogP contribution in [0, 0.1) is 0 Å². The molecule has 1 saturated carbocycles. The Labute approximate surface area is 154 Å². The third-order valence-corrected chi connectivity index (χ3v) is 4.54. The van der Waals surface area contributed by atoms with Crippen molar-refractivity contribution in [3.05, 3.63) is 42.1 Å². The highest BCUT2D eigenvalue weighted by atomic mass is 16.5. The second-order valence-electron chi connectivity index (χ2n) is 6.52. The maximum absolute atomic E-state index is 12.4. The lowest BCUT2D eigenvalue weighted by molar-refractivity contribution is 0.0927. The van der Waals surface area contributed by atoms with E-state index in [1.54, 1.807) is 12.1 Å². The topological polar surface area (TPSA) is 76.1 Å². The number of carbonyl (C=O) groups excluding carboxylic acids is 1. The third kappa shape index (κ3) is 4.94. The van der Waals surface area contributed by atoms with Gasteiger partial charge >= 0.3 is 0 Å². The Morgan fingerprint density at radius 3 is 2.54 bits per heavy atom. The molecule has 0 bridgehead atoms. The molecule has 0 radical (unpaired) electrons. The molecule has 26 heavy (non-hydrogen) atoms. The molecule has 1 aromatic heterocycles. The Morgan fingerprint density at radius 2 is 1.85 bits per heavy atom. The van der Waals surface area contributed by atoms with Crippen molar-refractivity contribution in [3.63, 3.8) is 0 Å². The molecule has 6 heteroatoms. The number of hydrogen-bond donors (Lipinski definition) is 2. The number of ether oxygens (including phenoxy) is 1. The van der Waals surface area contributed by atoms with Gasteiger partial charge in [0.25, 0.3) is 5.91 Å². The van der Waals surface area contributed by atoms with Gasteiger partial charge in [0.2, 0.25) is 0 Å². The number of nitrogens with one attached hydrogen (secondary N) is 2. The molecule has 0 aliphatic heterocycles. The van der Waals surface area contributed by atoms with Crippen LogP contribution in [0.4, 0.5) is 11.5 Å². The molecule has 0 saturated heterocycles. The highest BCUT2D eigenvalue weighted by Crippen LogP contribution is 2.26. The molecule has 1 aromatic carbocycles. The Kier molecular flexibility index (Phi) is 6.41. The summed E-state index contributed by atoms with van der Waals surface area (Å²) in [6.45, 7) is 2.53. The van der Waals surface area contributed by atoms with Crippen LogP contribution in [0.3, 0.4) is 0 Å². The van der Waals surface area contributed by atoms with Gasteiger partial charge in [-0.05, 0) is 44.0 Å². The fraction of sp³-hybridized carbons (Fsp3) is 0.450. The van der Waals surface area contributed by atoms with Crippen LogP contribution in [0.2, 0.25) is 0 Å². The Bertz CT molecular complexity index is 710. The molecule has 0 atom stereocenters. The summed E-state index contributed by atoms with van der Waals surface area (Å²) in [5, 5.41) is 14.5. The molecule has 1 fully saturated rings. The first kappa shape index (κ1) is 18.2. The number of benzene rings is 1. The minimum Gasteiger partial charge on any atom is -0.492 e. The zero-order valence-corrected chi connectivity index (χ0v) is 15.2. The molecule has 3 rings (SSSR count). The van der Waals surface area contributed by atoms with E-state index in [0.29, 0.717) is 18.1 Å². The molecule has 138 valence electrons. The van der Waals surface area contributed by atoms with Gasteiger partial charge in [-0.25, -0.2) is 0 Å². The van der Waals surface area contributed by atoms with E-state index in [1.807, 2.05) is 31.2 Å². The van der Waals surface area contributed by atoms with E-state index in [9.17, 15) is 4.79 Å². The van der Waals surface area contributed by atoms with E-state index in [4.69, 9.17) is 4.74 Å². The number of anilines is 2. The van der Waals surface area contributed by atoms with E-state index in [-0.39, 0.29) is 11.9 Å². The summed E-state index contributed by atoms with van der Waals surface area (Å²) in [5.74, 6) is 1.18. The van der Waals surface area contributed by atoms with Gasteiger partial charge in [-0.3, -0.25) is 4.79 Å². The molecule has 1 amide bonds. The van der Waals surface area contributed by atoms with Crippen molar-refractivity contribution < 1.29 is 9.53 Å². The van der Waals surface area contributed by atoms with Crippen LogP contribution in [0.1, 0.15) is 55.9 Å². The Hall–Kier alpha value is -2.63. The van der Waals surface area contributed by atoms with E-state index < -0.39 is 0 Å². The monoisotopic (exact) mass is 354 g/mol. The van der Waals surface area contributed by atoms with Crippen molar-refractivity contribution in [2.75, 3.05) is 11.9 Å². The van der Waals surface area contributed by atoms with Gasteiger partial charge in [0, 0.05) is 6.04 Å². The van der Waals surface area contributed by atoms with Crippen molar-refractivity contribution in [3.8, 4) is 5.75 Å². The first-order chi connectivity index (χ1) is 12.8. The van der Waals surface area contributed by atoms with Crippen molar-refractivity contribution in [1.29, 1.82) is 0 Å². The fourth-order valence-corrected chi connectivity index (χ4v) is 3.19. The highest BCUT2D eigenvalue weighted by Gasteiger charge is 2.17. The lowest BCUT2D eigenvalue weighted by atomic mass is 10.1. The first-order valence-corrected chi connectivity index (χ1v) is 9.39. The smallest absolute Gasteiger partial charge is 0.272 e. The maximum Gasteiger partial charge on any atom is 0.272 e. The lowest BCUT2D eigenvalue weighted by Crippen LogP contribution is -2.35. The Morgan fingerprint density at radius 1 is 1.08 bits per heavy atom. The van der Waals surface area contributed by atoms with Gasteiger partial charge < -0.3 is 15.4 Å². The van der Waals surface area contributed by atoms with Crippen LogP contribution < -0.4 is 15.4 Å². The Balaban J connectivity index is 1.62. The van der Waals surface area contributed by atoms with Crippen LogP contribution in [-0.2, 0) is 0 Å². The summed E-state index contributed by atoms with van der Waals surface area (Å²) in [5.41, 5.74) is 1.16. The number of amides is 1. The summed E-state index contributed by atoms with van der Waals surface area (Å²) >= 11 is 0. The van der Waals surface area contributed by atoms with Gasteiger partial charge in [0.1, 0.15) is 5.75 Å². The lowest BCUT2D eigenvalue weighted by Gasteiger charge is -2.15. The highest BCUT2D eigenvalue weighted by molar-refractivity contribution is 5.92. The number of rotatable bonds is 6.